The Bertz CT molecular complexity index is 929. The Balaban J connectivity index is 1.38. The maximum atomic E-state index is 12.5. The third kappa shape index (κ3) is 3.15. The summed E-state index contributed by atoms with van der Waals surface area (Å²) < 4.78 is 5.81. The molecule has 0 radical (unpaired) electrons. The average molecular weight is 349 g/mol. The lowest BCUT2D eigenvalue weighted by atomic mass is 9.99. The summed E-state index contributed by atoms with van der Waals surface area (Å²) in [5.74, 6) is 3.04. The number of hydrogen-bond donors (Lipinski definition) is 1. The highest BCUT2D eigenvalue weighted by Crippen LogP contribution is 2.27. The number of aromatic amines is 1. The molecular weight excluding hydrogens is 330 g/mol. The molecule has 2 aromatic heterocycles. The van der Waals surface area contributed by atoms with Gasteiger partial charge in [0.1, 0.15) is 23.0 Å². The van der Waals surface area contributed by atoms with Crippen LogP contribution in [0.5, 0.6) is 11.5 Å². The Labute approximate surface area is 151 Å². The van der Waals surface area contributed by atoms with Gasteiger partial charge in [-0.25, -0.2) is 9.97 Å². The summed E-state index contributed by atoms with van der Waals surface area (Å²) in [5, 5.41) is 6.99. The fourth-order valence-corrected chi connectivity index (χ4v) is 2.88. The summed E-state index contributed by atoms with van der Waals surface area (Å²) >= 11 is 0. The van der Waals surface area contributed by atoms with E-state index in [2.05, 4.69) is 20.2 Å². The molecule has 1 N–H and O–H groups in total. The summed E-state index contributed by atoms with van der Waals surface area (Å²) in [6.07, 6.45) is 1.58. The predicted octanol–water partition coefficient (Wildman–Crippen LogP) is 2.85. The fraction of sp³-hybridized carbons (Fsp3) is 0.263. The topological polar surface area (TPSA) is 84.0 Å². The van der Waals surface area contributed by atoms with E-state index in [1.54, 1.807) is 23.2 Å². The highest BCUT2D eigenvalue weighted by Gasteiger charge is 2.35. The molecule has 0 atom stereocenters. The first-order valence-corrected chi connectivity index (χ1v) is 8.48. The molecule has 0 bridgehead atoms. The zero-order chi connectivity index (χ0) is 18.1. The quantitative estimate of drug-likeness (QED) is 0.783. The van der Waals surface area contributed by atoms with Crippen molar-refractivity contribution in [2.75, 3.05) is 13.1 Å². The van der Waals surface area contributed by atoms with Crippen molar-refractivity contribution in [1.29, 1.82) is 0 Å². The third-order valence-corrected chi connectivity index (χ3v) is 4.43. The van der Waals surface area contributed by atoms with Gasteiger partial charge in [-0.2, -0.15) is 5.10 Å². The van der Waals surface area contributed by atoms with Crippen LogP contribution in [0.4, 0.5) is 0 Å². The molecule has 1 fully saturated rings. The van der Waals surface area contributed by atoms with Gasteiger partial charge in [0, 0.05) is 13.1 Å². The van der Waals surface area contributed by atoms with Crippen molar-refractivity contribution in [3.63, 3.8) is 0 Å². The van der Waals surface area contributed by atoms with Crippen molar-refractivity contribution in [2.45, 2.75) is 19.8 Å². The third-order valence-electron chi connectivity index (χ3n) is 4.43. The Morgan fingerprint density at radius 3 is 2.65 bits per heavy atom. The average Bonchev–Trinajstić information content (AvgIpc) is 3.02. The van der Waals surface area contributed by atoms with E-state index in [4.69, 9.17) is 4.74 Å². The zero-order valence-electron chi connectivity index (χ0n) is 14.6. The van der Waals surface area contributed by atoms with Gasteiger partial charge in [0.15, 0.2) is 5.82 Å². The molecule has 3 aromatic rings. The lowest BCUT2D eigenvalue weighted by molar-refractivity contribution is 0.0588. The van der Waals surface area contributed by atoms with E-state index in [1.807, 2.05) is 38.1 Å². The van der Waals surface area contributed by atoms with Crippen LogP contribution >= 0.6 is 0 Å². The number of nitrogens with one attached hydrogen (secondary N) is 1. The first kappa shape index (κ1) is 16.3. The second-order valence-electron chi connectivity index (χ2n) is 6.43. The number of aromatic nitrogens is 4. The first-order valence-electron chi connectivity index (χ1n) is 8.48. The Morgan fingerprint density at radius 2 is 2.00 bits per heavy atom. The molecular formula is C19H19N5O2. The number of ether oxygens (including phenoxy) is 1. The Hall–Kier alpha value is -3.22. The minimum absolute atomic E-state index is 0.0871. The summed E-state index contributed by atoms with van der Waals surface area (Å²) in [6.45, 7) is 5.07. The molecule has 7 heteroatoms. The minimum atomic E-state index is -0.0871. The maximum Gasteiger partial charge on any atom is 0.272 e. The van der Waals surface area contributed by atoms with Crippen molar-refractivity contribution in [3.05, 3.63) is 65.5 Å². The molecule has 0 aliphatic carbocycles. The van der Waals surface area contributed by atoms with Gasteiger partial charge in [0.2, 0.25) is 0 Å². The van der Waals surface area contributed by atoms with E-state index in [9.17, 15) is 4.79 Å². The van der Waals surface area contributed by atoms with Crippen molar-refractivity contribution in [3.8, 4) is 11.5 Å². The number of amides is 1. The number of carbonyl (C=O) groups excluding carboxylic acids is 1. The standard InChI is InChI=1S/C19H19N5O2/c1-12-5-3-4-6-17(12)26-15-7-8-16(20-9-15)19(25)24-10-14(11-24)18-21-13(2)22-23-18/h3-9,14H,10-11H2,1-2H3,(H,21,22,23). The van der Waals surface area contributed by atoms with Crippen LogP contribution in [0.15, 0.2) is 42.6 Å². The highest BCUT2D eigenvalue weighted by molar-refractivity contribution is 5.93. The molecule has 0 saturated carbocycles. The van der Waals surface area contributed by atoms with Crippen LogP contribution in [0.1, 0.15) is 33.6 Å². The maximum absolute atomic E-state index is 12.5. The molecule has 1 aliphatic heterocycles. The van der Waals surface area contributed by atoms with Crippen LogP contribution < -0.4 is 4.74 Å². The second-order valence-corrected chi connectivity index (χ2v) is 6.43. The lowest BCUT2D eigenvalue weighted by Crippen LogP contribution is -2.49. The number of hydrogen-bond acceptors (Lipinski definition) is 5. The molecule has 0 unspecified atom stereocenters. The number of pyridine rings is 1. The van der Waals surface area contributed by atoms with Crippen molar-refractivity contribution >= 4 is 5.91 Å². The number of benzene rings is 1. The predicted molar refractivity (Wildman–Crippen MR) is 95.3 cm³/mol. The molecule has 1 aromatic carbocycles. The summed E-state index contributed by atoms with van der Waals surface area (Å²) in [5.41, 5.74) is 1.45. The van der Waals surface area contributed by atoms with Crippen LogP contribution in [-0.2, 0) is 0 Å². The molecule has 26 heavy (non-hydrogen) atoms. The first-order chi connectivity index (χ1) is 12.6. The Morgan fingerprint density at radius 1 is 1.19 bits per heavy atom. The van der Waals surface area contributed by atoms with E-state index < -0.39 is 0 Å². The number of aryl methyl sites for hydroxylation is 2. The number of rotatable bonds is 4. The van der Waals surface area contributed by atoms with Crippen molar-refractivity contribution in [1.82, 2.24) is 25.1 Å². The molecule has 1 aliphatic rings. The van der Waals surface area contributed by atoms with Crippen LogP contribution in [0.3, 0.4) is 0 Å². The Kier molecular flexibility index (Phi) is 4.12. The number of carbonyl (C=O) groups is 1. The molecule has 1 saturated heterocycles. The van der Waals surface area contributed by atoms with Crippen LogP contribution in [0.25, 0.3) is 0 Å². The molecule has 132 valence electrons. The smallest absolute Gasteiger partial charge is 0.272 e. The summed E-state index contributed by atoms with van der Waals surface area (Å²) in [4.78, 5) is 22.8. The van der Waals surface area contributed by atoms with Crippen LogP contribution in [-0.4, -0.2) is 44.1 Å². The van der Waals surface area contributed by atoms with E-state index in [1.165, 1.54) is 0 Å². The molecule has 3 heterocycles. The largest absolute Gasteiger partial charge is 0.455 e. The van der Waals surface area contributed by atoms with Gasteiger partial charge in [0.05, 0.1) is 12.1 Å². The van der Waals surface area contributed by atoms with Crippen molar-refractivity contribution < 1.29 is 9.53 Å². The number of likely N-dealkylation sites (tertiary alicyclic amines) is 1. The van der Waals surface area contributed by atoms with Gasteiger partial charge in [-0.3, -0.25) is 9.89 Å². The van der Waals surface area contributed by atoms with E-state index in [-0.39, 0.29) is 11.8 Å². The second kappa shape index (κ2) is 6.59. The molecule has 0 spiro atoms. The minimum Gasteiger partial charge on any atom is -0.455 e. The van der Waals surface area contributed by atoms with E-state index in [0.29, 0.717) is 24.5 Å². The van der Waals surface area contributed by atoms with Gasteiger partial charge < -0.3 is 9.64 Å². The summed E-state index contributed by atoms with van der Waals surface area (Å²) in [6, 6.07) is 11.2. The van der Waals surface area contributed by atoms with Crippen molar-refractivity contribution in [2.24, 2.45) is 0 Å². The molecule has 4 rings (SSSR count). The van der Waals surface area contributed by atoms with Gasteiger partial charge in [0.25, 0.3) is 5.91 Å². The van der Waals surface area contributed by atoms with Gasteiger partial charge in [-0.15, -0.1) is 0 Å². The highest BCUT2D eigenvalue weighted by atomic mass is 16.5. The van der Waals surface area contributed by atoms with Gasteiger partial charge >= 0.3 is 0 Å². The normalized spacial score (nSPS) is 14.2. The summed E-state index contributed by atoms with van der Waals surface area (Å²) in [7, 11) is 0. The van der Waals surface area contributed by atoms with Gasteiger partial charge in [-0.1, -0.05) is 18.2 Å². The van der Waals surface area contributed by atoms with Crippen LogP contribution in [0, 0.1) is 13.8 Å². The lowest BCUT2D eigenvalue weighted by Gasteiger charge is -2.37. The van der Waals surface area contributed by atoms with Crippen LogP contribution in [0.2, 0.25) is 0 Å². The zero-order valence-corrected chi connectivity index (χ0v) is 14.6. The molecule has 1 amide bonds. The fourth-order valence-electron chi connectivity index (χ4n) is 2.88. The molecule has 7 nitrogen and oxygen atoms in total. The number of H-pyrrole nitrogens is 1. The number of para-hydroxylation sites is 1. The van der Waals surface area contributed by atoms with Gasteiger partial charge in [-0.05, 0) is 37.6 Å². The van der Waals surface area contributed by atoms with E-state index >= 15 is 0 Å². The SMILES string of the molecule is Cc1nc(C2CN(C(=O)c3ccc(Oc4ccccc4C)cn3)C2)n[nH]1. The van der Waals surface area contributed by atoms with E-state index in [0.717, 1.165) is 23.0 Å². The number of nitrogens with zero attached hydrogens (tertiary/aromatic N) is 4. The monoisotopic (exact) mass is 349 g/mol.